The minimum absolute atomic E-state index is 0.155. The van der Waals surface area contributed by atoms with Crippen molar-refractivity contribution in [1.29, 1.82) is 0 Å². The van der Waals surface area contributed by atoms with Gasteiger partial charge in [-0.25, -0.2) is 4.21 Å². The monoisotopic (exact) mass is 160 g/mol. The Balaban J connectivity index is 2.74. The molecule has 0 aliphatic carbocycles. The molecule has 0 radical (unpaired) electrons. The van der Waals surface area contributed by atoms with Gasteiger partial charge in [-0.2, -0.15) is 0 Å². The van der Waals surface area contributed by atoms with Gasteiger partial charge in [0.05, 0.1) is 18.3 Å². The highest BCUT2D eigenvalue weighted by molar-refractivity contribution is 7.78. The van der Waals surface area contributed by atoms with Gasteiger partial charge in [-0.3, -0.25) is 0 Å². The Hall–Kier alpha value is -0.610. The van der Waals surface area contributed by atoms with E-state index in [-0.39, 0.29) is 5.75 Å². The predicted octanol–water partition coefficient (Wildman–Crippen LogP) is 1.31. The lowest BCUT2D eigenvalue weighted by molar-refractivity contribution is 0.556. The van der Waals surface area contributed by atoms with Crippen LogP contribution >= 0.6 is 0 Å². The molecule has 4 heteroatoms. The zero-order chi connectivity index (χ0) is 7.56. The molecule has 0 aliphatic rings. The van der Waals surface area contributed by atoms with E-state index in [2.05, 4.69) is 0 Å². The van der Waals surface area contributed by atoms with Crippen LogP contribution in [0.25, 0.3) is 0 Å². The molecule has 0 aliphatic heterocycles. The van der Waals surface area contributed by atoms with Gasteiger partial charge in [-0.15, -0.1) is 0 Å². The fourth-order valence-corrected chi connectivity index (χ4v) is 1.23. The van der Waals surface area contributed by atoms with Crippen LogP contribution in [0.15, 0.2) is 16.9 Å². The number of furan rings is 1. The van der Waals surface area contributed by atoms with Gasteiger partial charge in [0.15, 0.2) is 11.1 Å². The predicted molar refractivity (Wildman–Crippen MR) is 37.9 cm³/mol. The summed E-state index contributed by atoms with van der Waals surface area (Å²) in [7, 11) is 0. The van der Waals surface area contributed by atoms with Crippen LogP contribution in [-0.4, -0.2) is 8.76 Å². The molecule has 0 spiro atoms. The van der Waals surface area contributed by atoms with E-state index in [9.17, 15) is 4.21 Å². The van der Waals surface area contributed by atoms with Gasteiger partial charge in [0, 0.05) is 5.56 Å². The molecule has 1 rings (SSSR count). The fraction of sp³-hybridized carbons (Fsp3) is 0.333. The molecular weight excluding hydrogens is 152 g/mol. The van der Waals surface area contributed by atoms with E-state index in [1.165, 1.54) is 6.26 Å². The van der Waals surface area contributed by atoms with Gasteiger partial charge < -0.3 is 8.97 Å². The van der Waals surface area contributed by atoms with Gasteiger partial charge in [0.25, 0.3) is 0 Å². The molecule has 0 saturated heterocycles. The van der Waals surface area contributed by atoms with Crippen molar-refractivity contribution in [2.75, 3.05) is 0 Å². The highest BCUT2D eigenvalue weighted by Crippen LogP contribution is 2.09. The topological polar surface area (TPSA) is 50.4 Å². The minimum Gasteiger partial charge on any atom is -0.472 e. The first-order valence-corrected chi connectivity index (χ1v) is 4.07. The van der Waals surface area contributed by atoms with Crippen LogP contribution in [-0.2, 0) is 16.8 Å². The molecule has 1 unspecified atom stereocenters. The third kappa shape index (κ3) is 1.68. The molecule has 0 amide bonds. The fourth-order valence-electron chi connectivity index (χ4n) is 0.668. The standard InChI is InChI=1S/C6H8O3S/c1-5-2-9-3-6(5)4-10(7)8/h2-3H,4H2,1H3,(H,7,8). The Morgan fingerprint density at radius 1 is 1.70 bits per heavy atom. The van der Waals surface area contributed by atoms with Gasteiger partial charge in [0.1, 0.15) is 0 Å². The van der Waals surface area contributed by atoms with Gasteiger partial charge in [0.2, 0.25) is 0 Å². The van der Waals surface area contributed by atoms with Crippen molar-refractivity contribution in [3.05, 3.63) is 23.7 Å². The Labute approximate surface area is 61.3 Å². The SMILES string of the molecule is Cc1cocc1CS(=O)O. The van der Waals surface area contributed by atoms with E-state index < -0.39 is 11.1 Å². The van der Waals surface area contributed by atoms with Crippen molar-refractivity contribution in [3.8, 4) is 0 Å². The summed E-state index contributed by atoms with van der Waals surface area (Å²) in [6.45, 7) is 1.84. The number of hydrogen-bond donors (Lipinski definition) is 1. The molecule has 1 atom stereocenters. The minimum atomic E-state index is -1.77. The summed E-state index contributed by atoms with van der Waals surface area (Å²) in [6.07, 6.45) is 3.05. The normalized spacial score (nSPS) is 13.4. The average Bonchev–Trinajstić information content (AvgIpc) is 2.15. The molecule has 10 heavy (non-hydrogen) atoms. The Bertz CT molecular complexity index is 241. The zero-order valence-electron chi connectivity index (χ0n) is 5.53. The number of hydrogen-bond acceptors (Lipinski definition) is 2. The second kappa shape index (κ2) is 2.98. The van der Waals surface area contributed by atoms with Crippen LogP contribution in [0.1, 0.15) is 11.1 Å². The molecule has 1 heterocycles. The quantitative estimate of drug-likeness (QED) is 0.663. The van der Waals surface area contributed by atoms with E-state index in [0.717, 1.165) is 11.1 Å². The second-order valence-corrected chi connectivity index (χ2v) is 2.98. The molecule has 0 bridgehead atoms. The molecule has 1 N–H and O–H groups in total. The summed E-state index contributed by atoms with van der Waals surface area (Å²) in [5, 5.41) is 0. The average molecular weight is 160 g/mol. The van der Waals surface area contributed by atoms with Gasteiger partial charge in [-0.1, -0.05) is 0 Å². The summed E-state index contributed by atoms with van der Waals surface area (Å²) >= 11 is -1.77. The Morgan fingerprint density at radius 3 is 2.80 bits per heavy atom. The Kier molecular flexibility index (Phi) is 2.24. The van der Waals surface area contributed by atoms with Crippen molar-refractivity contribution in [3.63, 3.8) is 0 Å². The van der Waals surface area contributed by atoms with Gasteiger partial charge >= 0.3 is 0 Å². The van der Waals surface area contributed by atoms with Crippen LogP contribution in [0, 0.1) is 6.92 Å². The summed E-state index contributed by atoms with van der Waals surface area (Å²) < 4.78 is 23.6. The third-order valence-corrected chi connectivity index (χ3v) is 1.80. The molecule has 1 aromatic heterocycles. The van der Waals surface area contributed by atoms with E-state index in [1.807, 2.05) is 6.92 Å². The van der Waals surface area contributed by atoms with Crippen LogP contribution in [0.5, 0.6) is 0 Å². The largest absolute Gasteiger partial charge is 0.472 e. The lowest BCUT2D eigenvalue weighted by Crippen LogP contribution is -1.91. The lowest BCUT2D eigenvalue weighted by Gasteiger charge is -1.90. The van der Waals surface area contributed by atoms with Crippen molar-refractivity contribution in [2.24, 2.45) is 0 Å². The third-order valence-electron chi connectivity index (χ3n) is 1.24. The molecular formula is C6H8O3S. The van der Waals surface area contributed by atoms with Crippen LogP contribution in [0.2, 0.25) is 0 Å². The smallest absolute Gasteiger partial charge is 0.157 e. The van der Waals surface area contributed by atoms with Crippen LogP contribution < -0.4 is 0 Å². The number of aryl methyl sites for hydroxylation is 1. The van der Waals surface area contributed by atoms with Crippen LogP contribution in [0.4, 0.5) is 0 Å². The first-order chi connectivity index (χ1) is 4.70. The van der Waals surface area contributed by atoms with E-state index in [0.29, 0.717) is 0 Å². The van der Waals surface area contributed by atoms with Crippen LogP contribution in [0.3, 0.4) is 0 Å². The highest BCUT2D eigenvalue weighted by atomic mass is 32.2. The Morgan fingerprint density at radius 2 is 2.40 bits per heavy atom. The summed E-state index contributed by atoms with van der Waals surface area (Å²) in [6, 6.07) is 0. The second-order valence-electron chi connectivity index (χ2n) is 2.05. The zero-order valence-corrected chi connectivity index (χ0v) is 6.35. The van der Waals surface area contributed by atoms with Crippen molar-refractivity contribution < 1.29 is 13.2 Å². The van der Waals surface area contributed by atoms with Crippen molar-refractivity contribution in [2.45, 2.75) is 12.7 Å². The van der Waals surface area contributed by atoms with Crippen molar-refractivity contribution in [1.82, 2.24) is 0 Å². The lowest BCUT2D eigenvalue weighted by atomic mass is 10.2. The van der Waals surface area contributed by atoms with E-state index in [4.69, 9.17) is 8.97 Å². The number of rotatable bonds is 2. The maximum atomic E-state index is 10.3. The maximum absolute atomic E-state index is 10.3. The first-order valence-electron chi connectivity index (χ1n) is 2.79. The highest BCUT2D eigenvalue weighted by Gasteiger charge is 2.02. The molecule has 0 saturated carbocycles. The summed E-state index contributed by atoms with van der Waals surface area (Å²) in [5.74, 6) is 0.155. The summed E-state index contributed by atoms with van der Waals surface area (Å²) in [4.78, 5) is 0. The maximum Gasteiger partial charge on any atom is 0.157 e. The van der Waals surface area contributed by atoms with E-state index >= 15 is 0 Å². The molecule has 56 valence electrons. The molecule has 3 nitrogen and oxygen atoms in total. The van der Waals surface area contributed by atoms with Crippen molar-refractivity contribution >= 4 is 11.1 Å². The van der Waals surface area contributed by atoms with E-state index in [1.54, 1.807) is 6.26 Å². The molecule has 0 fully saturated rings. The molecule has 1 aromatic rings. The first kappa shape index (κ1) is 7.50. The summed E-state index contributed by atoms with van der Waals surface area (Å²) in [5.41, 5.74) is 1.71. The van der Waals surface area contributed by atoms with Gasteiger partial charge in [-0.05, 0) is 12.5 Å². The molecule has 0 aromatic carbocycles.